The van der Waals surface area contributed by atoms with E-state index in [9.17, 15) is 0 Å². The highest BCUT2D eigenvalue weighted by molar-refractivity contribution is 6.32. The van der Waals surface area contributed by atoms with Crippen molar-refractivity contribution in [1.29, 1.82) is 5.41 Å². The Labute approximate surface area is 80.0 Å². The average molecular weight is 204 g/mol. The zero-order chi connectivity index (χ0) is 9.14. The second kappa shape index (κ2) is 3.74. The third-order valence-corrected chi connectivity index (χ3v) is 1.60. The van der Waals surface area contributed by atoms with Gasteiger partial charge in [0.25, 0.3) is 0 Å². The van der Waals surface area contributed by atoms with E-state index >= 15 is 0 Å². The Balaban J connectivity index is 2.93. The molecular weight excluding hydrogens is 197 g/mol. The Hall–Kier alpha value is -0.800. The zero-order valence-corrected chi connectivity index (χ0v) is 7.65. The molecule has 5 heteroatoms. The van der Waals surface area contributed by atoms with Crippen LogP contribution in [0, 0.1) is 5.41 Å². The topological polar surface area (TPSA) is 62.8 Å². The van der Waals surface area contributed by atoms with Crippen LogP contribution in [0.15, 0.2) is 12.1 Å². The van der Waals surface area contributed by atoms with Crippen molar-refractivity contribution in [1.82, 2.24) is 4.98 Å². The minimum Gasteiger partial charge on any atom is -0.387 e. The lowest BCUT2D eigenvalue weighted by Crippen LogP contribution is -2.12. The van der Waals surface area contributed by atoms with Crippen LogP contribution in [-0.2, 0) is 6.42 Å². The monoisotopic (exact) mass is 203 g/mol. The Morgan fingerprint density at radius 3 is 2.33 bits per heavy atom. The molecule has 0 bridgehead atoms. The number of rotatable bonds is 2. The van der Waals surface area contributed by atoms with E-state index in [0.29, 0.717) is 16.7 Å². The molecule has 0 aliphatic carbocycles. The third kappa shape index (κ3) is 2.68. The summed E-state index contributed by atoms with van der Waals surface area (Å²) >= 11 is 11.3. The van der Waals surface area contributed by atoms with Gasteiger partial charge in [0.15, 0.2) is 0 Å². The number of amidine groups is 1. The van der Waals surface area contributed by atoms with Crippen molar-refractivity contribution >= 4 is 29.0 Å². The molecule has 0 saturated carbocycles. The van der Waals surface area contributed by atoms with Crippen molar-refractivity contribution in [3.63, 3.8) is 0 Å². The number of nitrogens with two attached hydrogens (primary N) is 1. The van der Waals surface area contributed by atoms with Crippen LogP contribution < -0.4 is 5.73 Å². The van der Waals surface area contributed by atoms with Gasteiger partial charge in [0, 0.05) is 6.42 Å². The van der Waals surface area contributed by atoms with Crippen molar-refractivity contribution < 1.29 is 0 Å². The highest BCUT2D eigenvalue weighted by Gasteiger charge is 2.00. The van der Waals surface area contributed by atoms with Crippen LogP contribution in [0.2, 0.25) is 10.3 Å². The number of nitrogens with zero attached hydrogens (tertiary/aromatic N) is 1. The second-order valence-electron chi connectivity index (χ2n) is 2.32. The second-order valence-corrected chi connectivity index (χ2v) is 3.10. The number of halogens is 2. The van der Waals surface area contributed by atoms with E-state index in [2.05, 4.69) is 4.98 Å². The van der Waals surface area contributed by atoms with E-state index in [1.807, 2.05) is 0 Å². The lowest BCUT2D eigenvalue weighted by Gasteiger charge is -2.00. The maximum Gasteiger partial charge on any atom is 0.131 e. The summed E-state index contributed by atoms with van der Waals surface area (Å²) in [5.41, 5.74) is 6.00. The first-order valence-corrected chi connectivity index (χ1v) is 3.98. The molecule has 0 fully saturated rings. The zero-order valence-electron chi connectivity index (χ0n) is 6.14. The van der Waals surface area contributed by atoms with Gasteiger partial charge in [0.05, 0.1) is 5.84 Å². The van der Waals surface area contributed by atoms with Gasteiger partial charge in [-0.1, -0.05) is 23.2 Å². The first-order chi connectivity index (χ1) is 5.58. The van der Waals surface area contributed by atoms with Crippen molar-refractivity contribution in [3.05, 3.63) is 28.0 Å². The molecule has 0 amide bonds. The predicted molar refractivity (Wildman–Crippen MR) is 49.9 cm³/mol. The molecule has 1 aromatic heterocycles. The van der Waals surface area contributed by atoms with Gasteiger partial charge in [-0.05, 0) is 17.7 Å². The first-order valence-electron chi connectivity index (χ1n) is 3.23. The molecule has 1 heterocycles. The lowest BCUT2D eigenvalue weighted by molar-refractivity contribution is 1.21. The largest absolute Gasteiger partial charge is 0.387 e. The SMILES string of the molecule is N=C(N)Cc1cc(Cl)nc(Cl)c1. The molecule has 0 radical (unpaired) electrons. The van der Waals surface area contributed by atoms with Gasteiger partial charge < -0.3 is 5.73 Å². The minimum atomic E-state index is 0.0772. The Bertz CT molecular complexity index is 291. The normalized spacial score (nSPS) is 9.83. The standard InChI is InChI=1S/C7H7Cl2N3/c8-5-1-4(3-7(10)11)2-6(9)12-5/h1-2H,3H2,(H3,10,11). The van der Waals surface area contributed by atoms with Crippen molar-refractivity contribution in [3.8, 4) is 0 Å². The fourth-order valence-corrected chi connectivity index (χ4v) is 1.34. The summed E-state index contributed by atoms with van der Waals surface area (Å²) in [4.78, 5) is 3.76. The molecule has 0 atom stereocenters. The highest BCUT2D eigenvalue weighted by atomic mass is 35.5. The van der Waals surface area contributed by atoms with E-state index in [1.54, 1.807) is 12.1 Å². The van der Waals surface area contributed by atoms with E-state index in [1.165, 1.54) is 0 Å². The van der Waals surface area contributed by atoms with Gasteiger partial charge in [-0.15, -0.1) is 0 Å². The lowest BCUT2D eigenvalue weighted by atomic mass is 10.2. The van der Waals surface area contributed by atoms with Crippen LogP contribution in [0.3, 0.4) is 0 Å². The molecule has 0 aromatic carbocycles. The summed E-state index contributed by atoms with van der Waals surface area (Å²) in [6.45, 7) is 0. The van der Waals surface area contributed by atoms with Crippen LogP contribution in [0.5, 0.6) is 0 Å². The summed E-state index contributed by atoms with van der Waals surface area (Å²) in [5.74, 6) is 0.0772. The van der Waals surface area contributed by atoms with Crippen molar-refractivity contribution in [2.24, 2.45) is 5.73 Å². The highest BCUT2D eigenvalue weighted by Crippen LogP contribution is 2.14. The molecule has 12 heavy (non-hydrogen) atoms. The van der Waals surface area contributed by atoms with Crippen LogP contribution >= 0.6 is 23.2 Å². The van der Waals surface area contributed by atoms with Crippen molar-refractivity contribution in [2.75, 3.05) is 0 Å². The van der Waals surface area contributed by atoms with Crippen LogP contribution in [-0.4, -0.2) is 10.8 Å². The number of aromatic nitrogens is 1. The summed E-state index contributed by atoms with van der Waals surface area (Å²) in [7, 11) is 0. The molecule has 1 aromatic rings. The number of hydrogen-bond donors (Lipinski definition) is 2. The molecule has 64 valence electrons. The summed E-state index contributed by atoms with van der Waals surface area (Å²) in [6, 6.07) is 3.27. The van der Waals surface area contributed by atoms with Gasteiger partial charge >= 0.3 is 0 Å². The van der Waals surface area contributed by atoms with Gasteiger partial charge in [-0.3, -0.25) is 5.41 Å². The smallest absolute Gasteiger partial charge is 0.131 e. The first kappa shape index (κ1) is 9.29. The van der Waals surface area contributed by atoms with Gasteiger partial charge in [-0.2, -0.15) is 0 Å². The third-order valence-electron chi connectivity index (χ3n) is 1.22. The molecule has 3 nitrogen and oxygen atoms in total. The predicted octanol–water partition coefficient (Wildman–Crippen LogP) is 1.87. The minimum absolute atomic E-state index is 0.0772. The van der Waals surface area contributed by atoms with Gasteiger partial charge in [0.1, 0.15) is 10.3 Å². The molecule has 0 aliphatic heterocycles. The number of nitrogens with one attached hydrogen (secondary N) is 1. The molecule has 3 N–H and O–H groups in total. The molecule has 0 spiro atoms. The summed E-state index contributed by atoms with van der Waals surface area (Å²) in [6.07, 6.45) is 0.349. The molecule has 0 unspecified atom stereocenters. The van der Waals surface area contributed by atoms with Crippen LogP contribution in [0.25, 0.3) is 0 Å². The van der Waals surface area contributed by atoms with Crippen LogP contribution in [0.1, 0.15) is 5.56 Å². The number of hydrogen-bond acceptors (Lipinski definition) is 2. The van der Waals surface area contributed by atoms with E-state index in [-0.39, 0.29) is 5.84 Å². The summed E-state index contributed by atoms with van der Waals surface area (Å²) < 4.78 is 0. The van der Waals surface area contributed by atoms with Gasteiger partial charge in [0.2, 0.25) is 0 Å². The average Bonchev–Trinajstić information content (AvgIpc) is 1.81. The van der Waals surface area contributed by atoms with E-state index in [4.69, 9.17) is 34.3 Å². The Morgan fingerprint density at radius 1 is 1.42 bits per heavy atom. The fraction of sp³-hybridized carbons (Fsp3) is 0.143. The maximum absolute atomic E-state index is 7.04. The molecule has 0 saturated heterocycles. The quantitative estimate of drug-likeness (QED) is 0.438. The molecule has 0 aliphatic rings. The summed E-state index contributed by atoms with van der Waals surface area (Å²) in [5, 5.41) is 7.68. The number of pyridine rings is 1. The Kier molecular flexibility index (Phi) is 2.89. The van der Waals surface area contributed by atoms with E-state index in [0.717, 1.165) is 5.56 Å². The molecular formula is C7H7Cl2N3. The van der Waals surface area contributed by atoms with Gasteiger partial charge in [-0.25, -0.2) is 4.98 Å². The Morgan fingerprint density at radius 2 is 1.92 bits per heavy atom. The molecule has 1 rings (SSSR count). The van der Waals surface area contributed by atoms with Crippen molar-refractivity contribution in [2.45, 2.75) is 6.42 Å². The van der Waals surface area contributed by atoms with E-state index < -0.39 is 0 Å². The van der Waals surface area contributed by atoms with Crippen LogP contribution in [0.4, 0.5) is 0 Å². The fourth-order valence-electron chi connectivity index (χ4n) is 0.836. The maximum atomic E-state index is 7.04.